The summed E-state index contributed by atoms with van der Waals surface area (Å²) in [5, 5.41) is 9.16. The maximum atomic E-state index is 4.70. The van der Waals surface area contributed by atoms with E-state index in [1.807, 2.05) is 0 Å². The number of rotatable bonds is 2. The highest BCUT2D eigenvalue weighted by molar-refractivity contribution is 5.36. The molecule has 0 atom stereocenters. The summed E-state index contributed by atoms with van der Waals surface area (Å²) < 4.78 is 2.33. The Morgan fingerprint density at radius 1 is 0.909 bits per heavy atom. The van der Waals surface area contributed by atoms with Gasteiger partial charge in [0.1, 0.15) is 11.6 Å². The van der Waals surface area contributed by atoms with Crippen LogP contribution in [0.25, 0.3) is 5.69 Å². The lowest BCUT2D eigenvalue weighted by atomic mass is 9.49. The van der Waals surface area contributed by atoms with E-state index in [9.17, 15) is 0 Å². The van der Waals surface area contributed by atoms with Gasteiger partial charge in [-0.1, -0.05) is 18.2 Å². The summed E-state index contributed by atoms with van der Waals surface area (Å²) >= 11 is 0. The summed E-state index contributed by atoms with van der Waals surface area (Å²) in [4.78, 5) is 0. The standard InChI is InChI=1S/C19H23N3/c1-13-20-21-18(22(13)17-5-3-2-4-6-17)19-10-14-7-15(11-19)9-16(8-14)12-19/h2-6,14-16H,7-12H2,1H3. The topological polar surface area (TPSA) is 30.7 Å². The third-order valence-corrected chi connectivity index (χ3v) is 6.35. The van der Waals surface area contributed by atoms with Crippen LogP contribution in [0.3, 0.4) is 0 Å². The molecule has 3 nitrogen and oxygen atoms in total. The van der Waals surface area contributed by atoms with Crippen LogP contribution in [-0.4, -0.2) is 14.8 Å². The van der Waals surface area contributed by atoms with Gasteiger partial charge < -0.3 is 0 Å². The molecule has 1 aromatic carbocycles. The predicted molar refractivity (Wildman–Crippen MR) is 85.9 cm³/mol. The molecule has 0 saturated heterocycles. The quantitative estimate of drug-likeness (QED) is 0.836. The van der Waals surface area contributed by atoms with Gasteiger partial charge in [0.15, 0.2) is 0 Å². The van der Waals surface area contributed by atoms with Crippen molar-refractivity contribution in [2.24, 2.45) is 17.8 Å². The van der Waals surface area contributed by atoms with Gasteiger partial charge >= 0.3 is 0 Å². The molecule has 0 radical (unpaired) electrons. The monoisotopic (exact) mass is 293 g/mol. The normalized spacial score (nSPS) is 36.0. The fraction of sp³-hybridized carbons (Fsp3) is 0.579. The molecule has 0 spiro atoms. The molecule has 0 N–H and O–H groups in total. The number of hydrogen-bond donors (Lipinski definition) is 0. The lowest BCUT2D eigenvalue weighted by molar-refractivity contribution is -0.0102. The minimum Gasteiger partial charge on any atom is -0.283 e. The molecule has 4 aliphatic carbocycles. The zero-order chi connectivity index (χ0) is 14.7. The van der Waals surface area contributed by atoms with Crippen molar-refractivity contribution in [3.8, 4) is 5.69 Å². The van der Waals surface area contributed by atoms with Gasteiger partial charge in [0.25, 0.3) is 0 Å². The van der Waals surface area contributed by atoms with Crippen molar-refractivity contribution in [1.29, 1.82) is 0 Å². The number of hydrogen-bond acceptors (Lipinski definition) is 2. The molecule has 4 fully saturated rings. The van der Waals surface area contributed by atoms with Gasteiger partial charge in [0.05, 0.1) is 0 Å². The number of nitrogens with zero attached hydrogens (tertiary/aromatic N) is 3. The first-order valence-electron chi connectivity index (χ1n) is 8.71. The minimum absolute atomic E-state index is 0.297. The molecule has 0 amide bonds. The average molecular weight is 293 g/mol. The number of benzene rings is 1. The van der Waals surface area contributed by atoms with E-state index >= 15 is 0 Å². The summed E-state index contributed by atoms with van der Waals surface area (Å²) in [6.45, 7) is 2.09. The van der Waals surface area contributed by atoms with Crippen molar-refractivity contribution in [2.75, 3.05) is 0 Å². The maximum Gasteiger partial charge on any atom is 0.143 e. The van der Waals surface area contributed by atoms with E-state index in [0.29, 0.717) is 5.41 Å². The molecule has 2 aromatic rings. The van der Waals surface area contributed by atoms with Gasteiger partial charge in [-0.2, -0.15) is 0 Å². The maximum absolute atomic E-state index is 4.70. The zero-order valence-electron chi connectivity index (χ0n) is 13.2. The third kappa shape index (κ3) is 1.74. The molecule has 0 aliphatic heterocycles. The summed E-state index contributed by atoms with van der Waals surface area (Å²) in [5.41, 5.74) is 1.52. The number of aromatic nitrogens is 3. The average Bonchev–Trinajstić information content (AvgIpc) is 2.89. The molecule has 3 heteroatoms. The molecule has 1 heterocycles. The first-order chi connectivity index (χ1) is 10.7. The van der Waals surface area contributed by atoms with Gasteiger partial charge in [-0.05, 0) is 75.3 Å². The van der Waals surface area contributed by atoms with Crippen molar-refractivity contribution in [2.45, 2.75) is 50.9 Å². The van der Waals surface area contributed by atoms with E-state index < -0.39 is 0 Å². The number of para-hydroxylation sites is 1. The van der Waals surface area contributed by atoms with Gasteiger partial charge in [0, 0.05) is 11.1 Å². The van der Waals surface area contributed by atoms with Gasteiger partial charge in [-0.25, -0.2) is 0 Å². The van der Waals surface area contributed by atoms with E-state index in [1.165, 1.54) is 50.0 Å². The Hall–Kier alpha value is -1.64. The second-order valence-corrected chi connectivity index (χ2v) is 7.94. The Bertz CT molecular complexity index is 665. The van der Waals surface area contributed by atoms with Crippen molar-refractivity contribution in [3.05, 3.63) is 42.0 Å². The van der Waals surface area contributed by atoms with Crippen LogP contribution < -0.4 is 0 Å². The van der Waals surface area contributed by atoms with E-state index in [4.69, 9.17) is 5.10 Å². The Labute approximate surface area is 131 Å². The van der Waals surface area contributed by atoms with Crippen molar-refractivity contribution < 1.29 is 0 Å². The van der Waals surface area contributed by atoms with E-state index in [-0.39, 0.29) is 0 Å². The van der Waals surface area contributed by atoms with Crippen LogP contribution in [0.5, 0.6) is 0 Å². The summed E-state index contributed by atoms with van der Waals surface area (Å²) in [6, 6.07) is 10.7. The molecule has 0 unspecified atom stereocenters. The smallest absolute Gasteiger partial charge is 0.143 e. The first kappa shape index (κ1) is 12.9. The molecule has 4 aliphatic rings. The van der Waals surface area contributed by atoms with E-state index in [0.717, 1.165) is 23.6 Å². The van der Waals surface area contributed by atoms with Crippen LogP contribution in [-0.2, 0) is 5.41 Å². The second kappa shape index (κ2) is 4.43. The van der Waals surface area contributed by atoms with Crippen LogP contribution in [0, 0.1) is 24.7 Å². The molecular weight excluding hydrogens is 270 g/mol. The fourth-order valence-corrected chi connectivity index (χ4v) is 5.98. The Balaban J connectivity index is 1.65. The molecule has 22 heavy (non-hydrogen) atoms. The molecule has 6 rings (SSSR count). The van der Waals surface area contributed by atoms with Crippen molar-refractivity contribution >= 4 is 0 Å². The number of aryl methyl sites for hydroxylation is 1. The van der Waals surface area contributed by atoms with Gasteiger partial charge in [-0.3, -0.25) is 4.57 Å². The summed E-state index contributed by atoms with van der Waals surface area (Å²) in [5.74, 6) is 5.08. The highest BCUT2D eigenvalue weighted by Crippen LogP contribution is 2.60. The zero-order valence-corrected chi connectivity index (χ0v) is 13.2. The minimum atomic E-state index is 0.297. The van der Waals surface area contributed by atoms with Gasteiger partial charge in [0.2, 0.25) is 0 Å². The molecular formula is C19H23N3. The first-order valence-corrected chi connectivity index (χ1v) is 8.71. The Morgan fingerprint density at radius 3 is 2.09 bits per heavy atom. The van der Waals surface area contributed by atoms with Crippen molar-refractivity contribution in [1.82, 2.24) is 14.8 Å². The SMILES string of the molecule is Cc1nnc(C23CC4CC(CC(C4)C2)C3)n1-c1ccccc1. The molecule has 1 aromatic heterocycles. The largest absolute Gasteiger partial charge is 0.283 e. The second-order valence-electron chi connectivity index (χ2n) is 7.94. The van der Waals surface area contributed by atoms with Gasteiger partial charge in [-0.15, -0.1) is 10.2 Å². The summed E-state index contributed by atoms with van der Waals surface area (Å²) in [6.07, 6.45) is 8.42. The fourth-order valence-electron chi connectivity index (χ4n) is 5.98. The third-order valence-electron chi connectivity index (χ3n) is 6.35. The molecule has 4 saturated carbocycles. The lowest BCUT2D eigenvalue weighted by Gasteiger charge is -2.56. The van der Waals surface area contributed by atoms with Crippen LogP contribution in [0.2, 0.25) is 0 Å². The van der Waals surface area contributed by atoms with E-state index in [2.05, 4.69) is 46.9 Å². The highest BCUT2D eigenvalue weighted by Gasteiger charge is 2.53. The predicted octanol–water partition coefficient (Wildman–Crippen LogP) is 4.04. The molecule has 114 valence electrons. The van der Waals surface area contributed by atoms with Crippen molar-refractivity contribution in [3.63, 3.8) is 0 Å². The van der Waals surface area contributed by atoms with Crippen LogP contribution in [0.1, 0.15) is 50.2 Å². The Morgan fingerprint density at radius 2 is 1.50 bits per heavy atom. The van der Waals surface area contributed by atoms with Crippen LogP contribution in [0.4, 0.5) is 0 Å². The molecule has 4 bridgehead atoms. The van der Waals surface area contributed by atoms with Crippen LogP contribution >= 0.6 is 0 Å². The van der Waals surface area contributed by atoms with Crippen LogP contribution in [0.15, 0.2) is 30.3 Å². The Kier molecular flexibility index (Phi) is 2.59. The highest BCUT2D eigenvalue weighted by atomic mass is 15.3. The van der Waals surface area contributed by atoms with E-state index in [1.54, 1.807) is 0 Å². The lowest BCUT2D eigenvalue weighted by Crippen LogP contribution is -2.49. The summed E-state index contributed by atoms with van der Waals surface area (Å²) in [7, 11) is 0.